The van der Waals surface area contributed by atoms with Gasteiger partial charge in [-0.1, -0.05) is 0 Å². The van der Waals surface area contributed by atoms with Crippen LogP contribution in [-0.4, -0.2) is 49.5 Å². The molecule has 0 spiro atoms. The fourth-order valence-electron chi connectivity index (χ4n) is 3.02. The van der Waals surface area contributed by atoms with Crippen LogP contribution in [0.1, 0.15) is 44.9 Å². The van der Waals surface area contributed by atoms with Gasteiger partial charge in [0, 0.05) is 7.05 Å². The molecule has 1 heterocycles. The standard InChI is InChI=1S/C22H21N3O7/c1-4-31-15-8-6-14(7-9-15)25-19(27)16-10-5-13(11-17(16)20(25)28)21(29)32-12(2)18(26)24-22(30)23-3/h5-12H,4H2,1-3H3,(H2,23,24,26,30). The van der Waals surface area contributed by atoms with Crippen LogP contribution in [0.25, 0.3) is 0 Å². The molecule has 5 amide bonds. The highest BCUT2D eigenvalue weighted by molar-refractivity contribution is 6.34. The van der Waals surface area contributed by atoms with Crippen LogP contribution in [0.15, 0.2) is 42.5 Å². The first-order valence-corrected chi connectivity index (χ1v) is 9.76. The van der Waals surface area contributed by atoms with Gasteiger partial charge in [-0.2, -0.15) is 0 Å². The number of carbonyl (C=O) groups excluding carboxylic acids is 5. The Hall–Kier alpha value is -4.21. The van der Waals surface area contributed by atoms with Gasteiger partial charge in [-0.25, -0.2) is 14.5 Å². The molecule has 1 aliphatic heterocycles. The summed E-state index contributed by atoms with van der Waals surface area (Å²) in [5, 5.41) is 4.20. The molecule has 2 aromatic carbocycles. The minimum atomic E-state index is -1.26. The summed E-state index contributed by atoms with van der Waals surface area (Å²) >= 11 is 0. The molecular weight excluding hydrogens is 418 g/mol. The predicted octanol–water partition coefficient (Wildman–Crippen LogP) is 1.89. The molecule has 0 bridgehead atoms. The van der Waals surface area contributed by atoms with Gasteiger partial charge in [0.05, 0.1) is 29.0 Å². The van der Waals surface area contributed by atoms with Crippen LogP contribution in [0.2, 0.25) is 0 Å². The van der Waals surface area contributed by atoms with Crippen LogP contribution in [0.4, 0.5) is 10.5 Å². The second-order valence-electron chi connectivity index (χ2n) is 6.75. The summed E-state index contributed by atoms with van der Waals surface area (Å²) in [5.41, 5.74) is 0.535. The number of nitrogens with zero attached hydrogens (tertiary/aromatic N) is 1. The Balaban J connectivity index is 1.77. The van der Waals surface area contributed by atoms with Gasteiger partial charge in [0.1, 0.15) is 5.75 Å². The van der Waals surface area contributed by atoms with Crippen LogP contribution in [0.3, 0.4) is 0 Å². The van der Waals surface area contributed by atoms with Crippen molar-refractivity contribution < 1.29 is 33.4 Å². The van der Waals surface area contributed by atoms with Crippen LogP contribution in [0, 0.1) is 0 Å². The maximum atomic E-state index is 12.9. The minimum absolute atomic E-state index is 0.0157. The van der Waals surface area contributed by atoms with Crippen molar-refractivity contribution in [3.05, 3.63) is 59.2 Å². The molecule has 3 rings (SSSR count). The van der Waals surface area contributed by atoms with Crippen LogP contribution < -0.4 is 20.3 Å². The first kappa shape index (κ1) is 22.5. The summed E-state index contributed by atoms with van der Waals surface area (Å²) in [4.78, 5) is 62.2. The number of anilines is 1. The molecule has 0 radical (unpaired) electrons. The van der Waals surface area contributed by atoms with E-state index in [1.807, 2.05) is 12.2 Å². The lowest BCUT2D eigenvalue weighted by Crippen LogP contribution is -2.43. The first-order chi connectivity index (χ1) is 15.3. The molecule has 0 aliphatic carbocycles. The molecule has 0 fully saturated rings. The normalized spacial score (nSPS) is 13.3. The number of imide groups is 2. The monoisotopic (exact) mass is 439 g/mol. The van der Waals surface area contributed by atoms with E-state index >= 15 is 0 Å². The second-order valence-corrected chi connectivity index (χ2v) is 6.75. The fourth-order valence-corrected chi connectivity index (χ4v) is 3.02. The zero-order valence-corrected chi connectivity index (χ0v) is 17.6. The van der Waals surface area contributed by atoms with Gasteiger partial charge in [0.2, 0.25) is 0 Å². The first-order valence-electron chi connectivity index (χ1n) is 9.76. The third kappa shape index (κ3) is 4.43. The van der Waals surface area contributed by atoms with Crippen molar-refractivity contribution in [2.45, 2.75) is 20.0 Å². The van der Waals surface area contributed by atoms with E-state index in [2.05, 4.69) is 5.32 Å². The van der Waals surface area contributed by atoms with E-state index in [0.717, 1.165) is 4.90 Å². The van der Waals surface area contributed by atoms with Crippen LogP contribution in [0.5, 0.6) is 5.75 Å². The molecular formula is C22H21N3O7. The van der Waals surface area contributed by atoms with E-state index < -0.39 is 35.8 Å². The van der Waals surface area contributed by atoms with Crippen molar-refractivity contribution >= 4 is 35.4 Å². The Morgan fingerprint density at radius 2 is 1.66 bits per heavy atom. The number of fused-ring (bicyclic) bond motifs is 1. The lowest BCUT2D eigenvalue weighted by molar-refractivity contribution is -0.127. The SMILES string of the molecule is CCOc1ccc(N2C(=O)c3ccc(C(=O)OC(C)C(=O)NC(=O)NC)cc3C2=O)cc1. The van der Waals surface area contributed by atoms with Gasteiger partial charge in [-0.3, -0.25) is 19.7 Å². The zero-order valence-electron chi connectivity index (χ0n) is 17.6. The van der Waals surface area contributed by atoms with Crippen molar-refractivity contribution in [3.63, 3.8) is 0 Å². The summed E-state index contributed by atoms with van der Waals surface area (Å²) in [6.45, 7) is 3.62. The summed E-state index contributed by atoms with van der Waals surface area (Å²) in [6.07, 6.45) is -1.26. The van der Waals surface area contributed by atoms with Gasteiger partial charge in [-0.15, -0.1) is 0 Å². The molecule has 0 saturated heterocycles. The molecule has 1 aliphatic rings. The number of hydrogen-bond donors (Lipinski definition) is 2. The molecule has 2 N–H and O–H groups in total. The summed E-state index contributed by atoms with van der Waals surface area (Å²) in [5.74, 6) is -2.20. The maximum absolute atomic E-state index is 12.9. The van der Waals surface area contributed by atoms with E-state index in [9.17, 15) is 24.0 Å². The third-order valence-electron chi connectivity index (χ3n) is 4.65. The summed E-state index contributed by atoms with van der Waals surface area (Å²) < 4.78 is 10.4. The number of urea groups is 1. The minimum Gasteiger partial charge on any atom is -0.494 e. The molecule has 0 aromatic heterocycles. The second kappa shape index (κ2) is 9.29. The molecule has 10 heteroatoms. The molecule has 166 valence electrons. The Labute approximate surface area is 183 Å². The van der Waals surface area contributed by atoms with E-state index in [-0.39, 0.29) is 16.7 Å². The van der Waals surface area contributed by atoms with E-state index in [1.165, 1.54) is 32.2 Å². The number of ether oxygens (including phenoxy) is 2. The lowest BCUT2D eigenvalue weighted by Gasteiger charge is -2.14. The summed E-state index contributed by atoms with van der Waals surface area (Å²) in [6, 6.07) is 9.67. The Kier molecular flexibility index (Phi) is 6.53. The molecule has 0 saturated carbocycles. The zero-order chi connectivity index (χ0) is 23.4. The van der Waals surface area contributed by atoms with Gasteiger partial charge >= 0.3 is 12.0 Å². The highest BCUT2D eigenvalue weighted by Crippen LogP contribution is 2.30. The Morgan fingerprint density at radius 1 is 1.00 bits per heavy atom. The quantitative estimate of drug-likeness (QED) is 0.519. The number of esters is 1. The molecule has 1 unspecified atom stereocenters. The van der Waals surface area contributed by atoms with Crippen molar-refractivity contribution in [1.29, 1.82) is 0 Å². The number of carbonyl (C=O) groups is 5. The van der Waals surface area contributed by atoms with Gasteiger partial charge in [-0.05, 0) is 56.3 Å². The van der Waals surface area contributed by atoms with Crippen molar-refractivity contribution in [2.75, 3.05) is 18.6 Å². The Morgan fingerprint density at radius 3 is 2.28 bits per heavy atom. The van der Waals surface area contributed by atoms with Gasteiger partial charge in [0.25, 0.3) is 17.7 Å². The van der Waals surface area contributed by atoms with E-state index in [0.29, 0.717) is 18.0 Å². The summed E-state index contributed by atoms with van der Waals surface area (Å²) in [7, 11) is 1.33. The average molecular weight is 439 g/mol. The van der Waals surface area contributed by atoms with Crippen molar-refractivity contribution in [2.24, 2.45) is 0 Å². The largest absolute Gasteiger partial charge is 0.494 e. The highest BCUT2D eigenvalue weighted by Gasteiger charge is 2.37. The van der Waals surface area contributed by atoms with E-state index in [1.54, 1.807) is 24.3 Å². The van der Waals surface area contributed by atoms with E-state index in [4.69, 9.17) is 9.47 Å². The Bertz CT molecular complexity index is 1100. The van der Waals surface area contributed by atoms with Crippen molar-refractivity contribution in [3.8, 4) is 5.75 Å². The average Bonchev–Trinajstić information content (AvgIpc) is 3.03. The lowest BCUT2D eigenvalue weighted by atomic mass is 10.1. The fraction of sp³-hybridized carbons (Fsp3) is 0.227. The molecule has 32 heavy (non-hydrogen) atoms. The molecule has 10 nitrogen and oxygen atoms in total. The number of amides is 5. The van der Waals surface area contributed by atoms with Crippen LogP contribution >= 0.6 is 0 Å². The van der Waals surface area contributed by atoms with Crippen LogP contribution in [-0.2, 0) is 9.53 Å². The number of nitrogens with one attached hydrogen (secondary N) is 2. The highest BCUT2D eigenvalue weighted by atomic mass is 16.5. The predicted molar refractivity (Wildman–Crippen MR) is 113 cm³/mol. The van der Waals surface area contributed by atoms with Gasteiger partial charge in [0.15, 0.2) is 6.10 Å². The smallest absolute Gasteiger partial charge is 0.338 e. The van der Waals surface area contributed by atoms with Crippen molar-refractivity contribution in [1.82, 2.24) is 10.6 Å². The number of rotatable bonds is 6. The maximum Gasteiger partial charge on any atom is 0.338 e. The molecule has 2 aromatic rings. The number of benzene rings is 2. The van der Waals surface area contributed by atoms with Gasteiger partial charge < -0.3 is 14.8 Å². The third-order valence-corrected chi connectivity index (χ3v) is 4.65. The number of hydrogen-bond acceptors (Lipinski definition) is 7. The topological polar surface area (TPSA) is 131 Å². The molecule has 1 atom stereocenters.